The maximum Gasteiger partial charge on any atom is 0.329 e. The molecule has 106 valence electrons. The van der Waals surface area contributed by atoms with Crippen LogP contribution in [0.5, 0.6) is 5.75 Å². The van der Waals surface area contributed by atoms with Crippen LogP contribution in [-0.2, 0) is 4.74 Å². The lowest BCUT2D eigenvalue weighted by Gasteiger charge is -2.23. The van der Waals surface area contributed by atoms with Gasteiger partial charge in [-0.1, -0.05) is 6.07 Å². The monoisotopic (exact) mass is 276 g/mol. The summed E-state index contributed by atoms with van der Waals surface area (Å²) in [6.07, 6.45) is 1.36. The lowest BCUT2D eigenvalue weighted by Crippen LogP contribution is -2.40. The van der Waals surface area contributed by atoms with E-state index in [9.17, 15) is 9.59 Å². The van der Waals surface area contributed by atoms with Crippen LogP contribution in [0.4, 0.5) is 0 Å². The number of aromatic nitrogens is 2. The molecule has 6 heteroatoms. The molecule has 0 spiro atoms. The molecule has 0 aliphatic carbocycles. The van der Waals surface area contributed by atoms with Crippen molar-refractivity contribution in [3.63, 3.8) is 0 Å². The van der Waals surface area contributed by atoms with Gasteiger partial charge in [-0.15, -0.1) is 0 Å². The minimum absolute atomic E-state index is 0.101. The highest BCUT2D eigenvalue weighted by atomic mass is 16.5. The van der Waals surface area contributed by atoms with E-state index < -0.39 is 0 Å². The third-order valence-corrected chi connectivity index (χ3v) is 3.70. The molecule has 1 aliphatic heterocycles. The van der Waals surface area contributed by atoms with E-state index in [1.165, 1.54) is 11.7 Å². The summed E-state index contributed by atoms with van der Waals surface area (Å²) in [5.74, 6) is 0.496. The van der Waals surface area contributed by atoms with Crippen LogP contribution in [0, 0.1) is 0 Å². The van der Waals surface area contributed by atoms with E-state index in [1.807, 2.05) is 0 Å². The van der Waals surface area contributed by atoms with Crippen LogP contribution in [0.15, 0.2) is 27.8 Å². The SMILES string of the molecule is COc1cccc2c(=O)n(C3CCOCC3)c(=O)[nH]c12. The normalized spacial score (nSPS) is 16.4. The third kappa shape index (κ3) is 2.02. The second-order valence-electron chi connectivity index (χ2n) is 4.83. The molecule has 0 radical (unpaired) electrons. The van der Waals surface area contributed by atoms with Crippen molar-refractivity contribution in [3.8, 4) is 5.75 Å². The molecule has 1 saturated heterocycles. The Hall–Kier alpha value is -2.08. The molecule has 1 fully saturated rings. The first-order valence-corrected chi connectivity index (χ1v) is 6.61. The summed E-state index contributed by atoms with van der Waals surface area (Å²) in [6.45, 7) is 1.15. The Labute approximate surface area is 114 Å². The molecule has 20 heavy (non-hydrogen) atoms. The van der Waals surface area contributed by atoms with E-state index in [2.05, 4.69) is 4.98 Å². The number of benzene rings is 1. The zero-order chi connectivity index (χ0) is 14.1. The average molecular weight is 276 g/mol. The number of hydrogen-bond acceptors (Lipinski definition) is 4. The Balaban J connectivity index is 2.24. The fourth-order valence-corrected chi connectivity index (χ4v) is 2.67. The zero-order valence-electron chi connectivity index (χ0n) is 11.2. The van der Waals surface area contributed by atoms with E-state index in [-0.39, 0.29) is 17.3 Å². The summed E-state index contributed by atoms with van der Waals surface area (Å²) < 4.78 is 11.8. The van der Waals surface area contributed by atoms with Gasteiger partial charge in [-0.3, -0.25) is 9.36 Å². The molecule has 0 saturated carbocycles. The van der Waals surface area contributed by atoms with Crippen LogP contribution in [0.25, 0.3) is 10.9 Å². The predicted octanol–water partition coefficient (Wildman–Crippen LogP) is 1.05. The molecule has 3 rings (SSSR count). The Morgan fingerprint density at radius 2 is 2.05 bits per heavy atom. The summed E-state index contributed by atoms with van der Waals surface area (Å²) in [7, 11) is 1.51. The Morgan fingerprint density at radius 1 is 1.30 bits per heavy atom. The first kappa shape index (κ1) is 12.9. The minimum Gasteiger partial charge on any atom is -0.495 e. The summed E-state index contributed by atoms with van der Waals surface area (Å²) in [4.78, 5) is 27.6. The van der Waals surface area contributed by atoms with Gasteiger partial charge < -0.3 is 14.5 Å². The molecule has 1 aromatic carbocycles. The van der Waals surface area contributed by atoms with Gasteiger partial charge in [-0.2, -0.15) is 0 Å². The van der Waals surface area contributed by atoms with Gasteiger partial charge in [0.05, 0.1) is 18.0 Å². The molecule has 1 N–H and O–H groups in total. The standard InChI is InChI=1S/C14H16N2O4/c1-19-11-4-2-3-10-12(11)15-14(18)16(13(10)17)9-5-7-20-8-6-9/h2-4,9H,5-8H2,1H3,(H,15,18). The first-order chi connectivity index (χ1) is 9.72. The summed E-state index contributed by atoms with van der Waals surface area (Å²) in [5.41, 5.74) is -0.207. The van der Waals surface area contributed by atoms with E-state index in [0.717, 1.165) is 0 Å². The largest absolute Gasteiger partial charge is 0.495 e. The van der Waals surface area contributed by atoms with Crippen molar-refractivity contribution in [3.05, 3.63) is 39.0 Å². The van der Waals surface area contributed by atoms with E-state index in [1.54, 1.807) is 18.2 Å². The number of ether oxygens (including phenoxy) is 2. The number of methoxy groups -OCH3 is 1. The number of nitrogens with zero attached hydrogens (tertiary/aromatic N) is 1. The fourth-order valence-electron chi connectivity index (χ4n) is 2.67. The van der Waals surface area contributed by atoms with Gasteiger partial charge in [0, 0.05) is 19.3 Å². The van der Waals surface area contributed by atoms with Gasteiger partial charge in [-0.05, 0) is 25.0 Å². The van der Waals surface area contributed by atoms with Crippen LogP contribution >= 0.6 is 0 Å². The van der Waals surface area contributed by atoms with Gasteiger partial charge in [0.1, 0.15) is 5.75 Å². The van der Waals surface area contributed by atoms with Crippen LogP contribution in [0.2, 0.25) is 0 Å². The summed E-state index contributed by atoms with van der Waals surface area (Å²) in [6, 6.07) is 5.06. The molecule has 6 nitrogen and oxygen atoms in total. The van der Waals surface area contributed by atoms with Crippen molar-refractivity contribution in [1.82, 2.24) is 9.55 Å². The number of nitrogens with one attached hydrogen (secondary N) is 1. The van der Waals surface area contributed by atoms with Crippen molar-refractivity contribution in [2.75, 3.05) is 20.3 Å². The molecule has 2 aromatic rings. The van der Waals surface area contributed by atoms with Crippen LogP contribution in [0.1, 0.15) is 18.9 Å². The topological polar surface area (TPSA) is 73.3 Å². The Bertz CT molecular complexity index is 741. The van der Waals surface area contributed by atoms with E-state index in [4.69, 9.17) is 9.47 Å². The summed E-state index contributed by atoms with van der Waals surface area (Å²) >= 11 is 0. The van der Waals surface area contributed by atoms with Gasteiger partial charge in [0.15, 0.2) is 0 Å². The van der Waals surface area contributed by atoms with Crippen molar-refractivity contribution < 1.29 is 9.47 Å². The molecule has 0 unspecified atom stereocenters. The second kappa shape index (κ2) is 5.13. The fraction of sp³-hybridized carbons (Fsp3) is 0.429. The third-order valence-electron chi connectivity index (χ3n) is 3.70. The predicted molar refractivity (Wildman–Crippen MR) is 74.5 cm³/mol. The van der Waals surface area contributed by atoms with Crippen molar-refractivity contribution in [1.29, 1.82) is 0 Å². The molecule has 1 aromatic heterocycles. The average Bonchev–Trinajstić information content (AvgIpc) is 2.48. The molecular formula is C14H16N2O4. The van der Waals surface area contributed by atoms with Gasteiger partial charge in [-0.25, -0.2) is 4.79 Å². The van der Waals surface area contributed by atoms with E-state index >= 15 is 0 Å². The van der Waals surface area contributed by atoms with Gasteiger partial charge in [0.25, 0.3) is 5.56 Å². The van der Waals surface area contributed by atoms with Crippen molar-refractivity contribution >= 4 is 10.9 Å². The van der Waals surface area contributed by atoms with Crippen LogP contribution in [-0.4, -0.2) is 29.9 Å². The van der Waals surface area contributed by atoms with Crippen LogP contribution in [0.3, 0.4) is 0 Å². The van der Waals surface area contributed by atoms with Gasteiger partial charge in [0.2, 0.25) is 0 Å². The lowest BCUT2D eigenvalue weighted by molar-refractivity contribution is 0.0676. The molecule has 0 atom stereocenters. The molecule has 0 amide bonds. The Morgan fingerprint density at radius 3 is 2.75 bits per heavy atom. The molecule has 2 heterocycles. The lowest BCUT2D eigenvalue weighted by atomic mass is 10.1. The van der Waals surface area contributed by atoms with Gasteiger partial charge >= 0.3 is 5.69 Å². The maximum absolute atomic E-state index is 12.6. The number of fused-ring (bicyclic) bond motifs is 1. The highest BCUT2D eigenvalue weighted by molar-refractivity contribution is 5.83. The highest BCUT2D eigenvalue weighted by Gasteiger charge is 2.21. The molecule has 0 bridgehead atoms. The first-order valence-electron chi connectivity index (χ1n) is 6.61. The number of H-pyrrole nitrogens is 1. The maximum atomic E-state index is 12.6. The summed E-state index contributed by atoms with van der Waals surface area (Å²) in [5, 5.41) is 0.468. The van der Waals surface area contributed by atoms with E-state index in [0.29, 0.717) is 42.7 Å². The number of aromatic amines is 1. The van der Waals surface area contributed by atoms with Crippen molar-refractivity contribution in [2.45, 2.75) is 18.9 Å². The second-order valence-corrected chi connectivity index (χ2v) is 4.83. The highest BCUT2D eigenvalue weighted by Crippen LogP contribution is 2.21. The Kier molecular flexibility index (Phi) is 3.31. The quantitative estimate of drug-likeness (QED) is 0.889. The molecule has 1 aliphatic rings. The number of rotatable bonds is 2. The molecular weight excluding hydrogens is 260 g/mol. The smallest absolute Gasteiger partial charge is 0.329 e. The number of hydrogen-bond donors (Lipinski definition) is 1. The zero-order valence-corrected chi connectivity index (χ0v) is 11.2. The minimum atomic E-state index is -0.390. The number of para-hydroxylation sites is 1. The van der Waals surface area contributed by atoms with Crippen molar-refractivity contribution in [2.24, 2.45) is 0 Å². The van der Waals surface area contributed by atoms with Crippen LogP contribution < -0.4 is 16.0 Å².